The topological polar surface area (TPSA) is 88.9 Å². The lowest BCUT2D eigenvalue weighted by atomic mass is 10.1. The number of H-pyrrole nitrogens is 1. The van der Waals surface area contributed by atoms with Gasteiger partial charge in [-0.25, -0.2) is 0 Å². The van der Waals surface area contributed by atoms with Crippen molar-refractivity contribution >= 4 is 39.2 Å². The molecule has 2 N–H and O–H groups in total. The molecule has 0 bridgehead atoms. The van der Waals surface area contributed by atoms with Crippen LogP contribution in [-0.4, -0.2) is 33.4 Å². The van der Waals surface area contributed by atoms with Crippen molar-refractivity contribution in [3.63, 3.8) is 0 Å². The Kier molecular flexibility index (Phi) is 6.11. The predicted molar refractivity (Wildman–Crippen MR) is 112 cm³/mol. The molecule has 4 aromatic rings. The molecule has 0 amide bonds. The Morgan fingerprint density at radius 2 is 1.85 bits per heavy atom. The minimum atomic E-state index is -4.89. The van der Waals surface area contributed by atoms with Gasteiger partial charge in [-0.05, 0) is 69.8 Å². The summed E-state index contributed by atoms with van der Waals surface area (Å²) in [5.41, 5.74) is 0.0841. The molecule has 2 aromatic heterocycles. The lowest BCUT2D eigenvalue weighted by molar-refractivity contribution is -0.158. The number of hydrogen-bond acceptors (Lipinski definition) is 6. The molecule has 174 valence electrons. The number of benzene rings is 2. The lowest BCUT2D eigenvalue weighted by Gasteiger charge is -2.17. The summed E-state index contributed by atoms with van der Waals surface area (Å²) < 4.78 is 87.9. The molecule has 14 heteroatoms. The van der Waals surface area contributed by atoms with Crippen LogP contribution in [0.3, 0.4) is 0 Å². The monoisotopic (exact) mass is 583 g/mol. The van der Waals surface area contributed by atoms with Gasteiger partial charge >= 0.3 is 12.4 Å². The molecular weight excluding hydrogens is 571 g/mol. The Bertz CT molecular complexity index is 1270. The zero-order valence-corrected chi connectivity index (χ0v) is 18.3. The van der Waals surface area contributed by atoms with Gasteiger partial charge in [0.15, 0.2) is 12.4 Å². The van der Waals surface area contributed by atoms with E-state index in [1.165, 1.54) is 6.07 Å². The number of tetrazole rings is 1. The summed E-state index contributed by atoms with van der Waals surface area (Å²) in [6.07, 6.45) is -9.65. The summed E-state index contributed by atoms with van der Waals surface area (Å²) in [5.74, 6) is -0.228. The maximum atomic E-state index is 13.3. The van der Waals surface area contributed by atoms with Crippen molar-refractivity contribution in [2.24, 2.45) is 0 Å². The zero-order chi connectivity index (χ0) is 23.8. The second-order valence-corrected chi connectivity index (χ2v) is 7.97. The SMILES string of the molecule is FC(F)(F)COc1ccc(NCc2cc(I)c3oc(-c4nn[nH]n4)cc3c2)cc1C(F)(F)F. The molecule has 0 aliphatic rings. The van der Waals surface area contributed by atoms with Gasteiger partial charge < -0.3 is 14.5 Å². The zero-order valence-electron chi connectivity index (χ0n) is 16.2. The fraction of sp³-hybridized carbons (Fsp3) is 0.211. The largest absolute Gasteiger partial charge is 0.483 e. The van der Waals surface area contributed by atoms with Crippen molar-refractivity contribution in [3.8, 4) is 17.3 Å². The summed E-state index contributed by atoms with van der Waals surface area (Å²) in [6.45, 7) is -1.67. The van der Waals surface area contributed by atoms with Crippen LogP contribution in [0, 0.1) is 3.57 Å². The van der Waals surface area contributed by atoms with E-state index in [2.05, 4.69) is 53.3 Å². The van der Waals surface area contributed by atoms with E-state index in [0.717, 1.165) is 20.6 Å². The first-order valence-corrected chi connectivity index (χ1v) is 10.2. The quantitative estimate of drug-likeness (QED) is 0.221. The Morgan fingerprint density at radius 3 is 2.52 bits per heavy atom. The van der Waals surface area contributed by atoms with Crippen LogP contribution in [0.2, 0.25) is 0 Å². The lowest BCUT2D eigenvalue weighted by Crippen LogP contribution is -2.21. The van der Waals surface area contributed by atoms with E-state index < -0.39 is 30.3 Å². The number of halogens is 7. The summed E-state index contributed by atoms with van der Waals surface area (Å²) in [5, 5.41) is 17.1. The van der Waals surface area contributed by atoms with E-state index in [4.69, 9.17) is 4.42 Å². The molecule has 33 heavy (non-hydrogen) atoms. The van der Waals surface area contributed by atoms with Crippen LogP contribution in [-0.2, 0) is 12.7 Å². The maximum absolute atomic E-state index is 13.3. The average molecular weight is 583 g/mol. The van der Waals surface area contributed by atoms with Crippen LogP contribution in [0.1, 0.15) is 11.1 Å². The van der Waals surface area contributed by atoms with Gasteiger partial charge in [-0.3, -0.25) is 0 Å². The van der Waals surface area contributed by atoms with Crippen molar-refractivity contribution in [2.45, 2.75) is 18.9 Å². The number of hydrogen-bond donors (Lipinski definition) is 2. The minimum Gasteiger partial charge on any atom is -0.483 e. The third-order valence-electron chi connectivity index (χ3n) is 4.37. The van der Waals surface area contributed by atoms with E-state index in [0.29, 0.717) is 17.4 Å². The molecule has 4 rings (SSSR count). The molecule has 0 fully saturated rings. The molecule has 0 aliphatic heterocycles. The average Bonchev–Trinajstić information content (AvgIpc) is 3.39. The van der Waals surface area contributed by atoms with Gasteiger partial charge in [0.1, 0.15) is 11.3 Å². The summed E-state index contributed by atoms with van der Waals surface area (Å²) in [7, 11) is 0. The number of nitrogens with one attached hydrogen (secondary N) is 2. The number of anilines is 1. The number of furan rings is 1. The van der Waals surface area contributed by atoms with E-state index >= 15 is 0 Å². The van der Waals surface area contributed by atoms with E-state index in [9.17, 15) is 26.3 Å². The number of rotatable bonds is 6. The van der Waals surface area contributed by atoms with E-state index in [1.807, 2.05) is 0 Å². The predicted octanol–water partition coefficient (Wildman–Crippen LogP) is 5.79. The first kappa shape index (κ1) is 23.1. The highest BCUT2D eigenvalue weighted by Gasteiger charge is 2.36. The molecule has 2 aromatic carbocycles. The smallest absolute Gasteiger partial charge is 0.422 e. The van der Waals surface area contributed by atoms with Gasteiger partial charge in [-0.15, -0.1) is 10.2 Å². The van der Waals surface area contributed by atoms with Crippen molar-refractivity contribution in [1.82, 2.24) is 20.6 Å². The molecule has 0 atom stereocenters. The van der Waals surface area contributed by atoms with Crippen molar-refractivity contribution in [2.75, 3.05) is 11.9 Å². The Labute approximate surface area is 194 Å². The van der Waals surface area contributed by atoms with Crippen LogP contribution in [0.5, 0.6) is 5.75 Å². The van der Waals surface area contributed by atoms with E-state index in [1.54, 1.807) is 18.2 Å². The Morgan fingerprint density at radius 1 is 1.06 bits per heavy atom. The number of aromatic amines is 1. The van der Waals surface area contributed by atoms with Crippen molar-refractivity contribution in [3.05, 3.63) is 51.1 Å². The van der Waals surface area contributed by atoms with Gasteiger partial charge in [-0.2, -0.15) is 31.6 Å². The second-order valence-electron chi connectivity index (χ2n) is 6.81. The van der Waals surface area contributed by atoms with Crippen molar-refractivity contribution in [1.29, 1.82) is 0 Å². The van der Waals surface area contributed by atoms with Gasteiger partial charge in [0, 0.05) is 17.6 Å². The number of ether oxygens (including phenoxy) is 1. The number of fused-ring (bicyclic) bond motifs is 1. The third kappa shape index (κ3) is 5.48. The van der Waals surface area contributed by atoms with Gasteiger partial charge in [0.25, 0.3) is 0 Å². The molecular formula is C19H12F6IN5O2. The van der Waals surface area contributed by atoms with Crippen LogP contribution < -0.4 is 10.1 Å². The first-order valence-electron chi connectivity index (χ1n) is 9.10. The molecule has 7 nitrogen and oxygen atoms in total. The molecule has 2 heterocycles. The van der Waals surface area contributed by atoms with E-state index in [-0.39, 0.29) is 18.1 Å². The van der Waals surface area contributed by atoms with Crippen LogP contribution in [0.15, 0.2) is 40.8 Å². The Balaban J connectivity index is 1.54. The maximum Gasteiger partial charge on any atom is 0.422 e. The number of alkyl halides is 6. The molecule has 0 aliphatic carbocycles. The van der Waals surface area contributed by atoms with Crippen LogP contribution in [0.4, 0.5) is 32.0 Å². The first-order chi connectivity index (χ1) is 15.5. The highest BCUT2D eigenvalue weighted by Crippen LogP contribution is 2.38. The standard InChI is InChI=1S/C19H12F6IN5O2/c20-18(21,22)8-32-14-2-1-11(6-12(14)19(23,24)25)27-7-9-3-10-5-15(17-28-30-31-29-17)33-16(10)13(26)4-9/h1-6,27H,7-8H2,(H,28,29,30,31). The number of nitrogens with zero attached hydrogens (tertiary/aromatic N) is 3. The van der Waals surface area contributed by atoms with Crippen LogP contribution >= 0.6 is 22.6 Å². The van der Waals surface area contributed by atoms with Gasteiger partial charge in [-0.1, -0.05) is 0 Å². The molecule has 0 spiro atoms. The summed E-state index contributed by atoms with van der Waals surface area (Å²) >= 11 is 2.06. The van der Waals surface area contributed by atoms with Crippen molar-refractivity contribution < 1.29 is 35.5 Å². The summed E-state index contributed by atoms with van der Waals surface area (Å²) in [4.78, 5) is 0. The molecule has 0 saturated carbocycles. The minimum absolute atomic E-state index is 0.0662. The fourth-order valence-corrected chi connectivity index (χ4v) is 3.82. The molecule has 0 saturated heterocycles. The number of aromatic nitrogens is 4. The normalized spacial score (nSPS) is 12.3. The van der Waals surface area contributed by atoms with Crippen LogP contribution in [0.25, 0.3) is 22.6 Å². The highest BCUT2D eigenvalue weighted by atomic mass is 127. The summed E-state index contributed by atoms with van der Waals surface area (Å²) in [6, 6.07) is 8.06. The Hall–Kier alpha value is -3.04. The second kappa shape index (κ2) is 8.72. The molecule has 0 unspecified atom stereocenters. The molecule has 0 radical (unpaired) electrons. The van der Waals surface area contributed by atoms with Gasteiger partial charge in [0.2, 0.25) is 5.82 Å². The highest BCUT2D eigenvalue weighted by molar-refractivity contribution is 14.1. The fourth-order valence-electron chi connectivity index (χ4n) is 3.00. The van der Waals surface area contributed by atoms with Gasteiger partial charge in [0.05, 0.1) is 9.13 Å². The third-order valence-corrected chi connectivity index (χ3v) is 5.17.